The molecule has 0 aliphatic rings. The fraction of sp³-hybridized carbons (Fsp3) is 0.913. The first-order valence-corrected chi connectivity index (χ1v) is 34.4. The van der Waals surface area contributed by atoms with E-state index in [1.54, 1.807) is 0 Å². The Morgan fingerprint density at radius 3 is 1.00 bits per heavy atom. The number of rotatable bonds is 62. The zero-order valence-electron chi connectivity index (χ0n) is 52.2. The lowest BCUT2D eigenvalue weighted by atomic mass is 9.92. The van der Waals surface area contributed by atoms with Crippen LogP contribution in [0.2, 0.25) is 0 Å². The minimum absolute atomic E-state index is 0.0111. The molecule has 0 aliphatic carbocycles. The first-order valence-electron chi connectivity index (χ1n) is 34.4. The standard InChI is InChI=1S/C69H130N2O6/c1-6-11-16-21-26-37-48-62-76-66(72)54-40-31-27-35-45-56-70(57-46-36-28-32-41-55-67(73)77-63(50-38-29-22-17-12-7-2)51-39-30-23-18-13-8-3)60-47-42-52-64-65(69(75)68(64)74)53-49-61-71(58-43-33-24-19-14-9-4)59-44-34-25-20-15-10-5/h63H,6-62H2,1-5H3. The lowest BCUT2D eigenvalue weighted by Gasteiger charge is -2.23. The van der Waals surface area contributed by atoms with Crippen molar-refractivity contribution in [2.45, 2.75) is 362 Å². The summed E-state index contributed by atoms with van der Waals surface area (Å²) in [5.74, 6) is -0.0228. The molecule has 1 rings (SSSR count). The van der Waals surface area contributed by atoms with Crippen molar-refractivity contribution in [2.75, 3.05) is 45.9 Å². The fourth-order valence-corrected chi connectivity index (χ4v) is 11.4. The number of hydrogen-bond acceptors (Lipinski definition) is 8. The van der Waals surface area contributed by atoms with E-state index in [0.29, 0.717) is 19.4 Å². The van der Waals surface area contributed by atoms with Crippen molar-refractivity contribution in [3.8, 4) is 0 Å². The van der Waals surface area contributed by atoms with E-state index in [9.17, 15) is 19.2 Å². The molecule has 0 saturated carbocycles. The Balaban J connectivity index is 2.65. The van der Waals surface area contributed by atoms with Gasteiger partial charge in [0, 0.05) is 24.0 Å². The van der Waals surface area contributed by atoms with Gasteiger partial charge in [-0.1, -0.05) is 240 Å². The summed E-state index contributed by atoms with van der Waals surface area (Å²) in [5.41, 5.74) is 1.23. The summed E-state index contributed by atoms with van der Waals surface area (Å²) in [6, 6.07) is 0. The van der Waals surface area contributed by atoms with E-state index in [2.05, 4.69) is 44.4 Å². The van der Waals surface area contributed by atoms with Crippen LogP contribution in [-0.2, 0) is 31.9 Å². The van der Waals surface area contributed by atoms with Crippen LogP contribution in [0.5, 0.6) is 0 Å². The number of carbonyl (C=O) groups is 2. The molecule has 8 nitrogen and oxygen atoms in total. The molecule has 8 heteroatoms. The summed E-state index contributed by atoms with van der Waals surface area (Å²) in [7, 11) is 0. The lowest BCUT2D eigenvalue weighted by molar-refractivity contribution is -0.150. The summed E-state index contributed by atoms with van der Waals surface area (Å²) in [6.45, 7) is 18.4. The number of ether oxygens (including phenoxy) is 2. The van der Waals surface area contributed by atoms with E-state index in [0.717, 1.165) is 160 Å². The molecule has 0 saturated heterocycles. The Kier molecular flexibility index (Phi) is 52.9. The van der Waals surface area contributed by atoms with Gasteiger partial charge >= 0.3 is 11.9 Å². The third kappa shape index (κ3) is 44.3. The van der Waals surface area contributed by atoms with Crippen LogP contribution in [0, 0.1) is 0 Å². The Hall–Kier alpha value is -2.06. The molecule has 1 aromatic carbocycles. The minimum Gasteiger partial charge on any atom is -0.466 e. The molecule has 0 radical (unpaired) electrons. The fourth-order valence-electron chi connectivity index (χ4n) is 11.4. The zero-order valence-corrected chi connectivity index (χ0v) is 52.2. The number of esters is 2. The van der Waals surface area contributed by atoms with E-state index >= 15 is 0 Å². The van der Waals surface area contributed by atoms with Gasteiger partial charge in [-0.25, -0.2) is 0 Å². The summed E-state index contributed by atoms with van der Waals surface area (Å²) >= 11 is 0. The summed E-state index contributed by atoms with van der Waals surface area (Å²) in [6.07, 6.45) is 58.1. The zero-order chi connectivity index (χ0) is 55.9. The van der Waals surface area contributed by atoms with E-state index in [1.165, 1.54) is 199 Å². The molecule has 0 N–H and O–H groups in total. The Bertz CT molecular complexity index is 1470. The maximum atomic E-state index is 13.0. The second-order valence-corrected chi connectivity index (χ2v) is 24.0. The van der Waals surface area contributed by atoms with Gasteiger partial charge in [-0.3, -0.25) is 19.2 Å². The Labute approximate surface area is 478 Å². The highest BCUT2D eigenvalue weighted by Crippen LogP contribution is 2.20. The Morgan fingerprint density at radius 1 is 0.325 bits per heavy atom. The van der Waals surface area contributed by atoms with Crippen LogP contribution < -0.4 is 10.9 Å². The first-order chi connectivity index (χ1) is 37.8. The van der Waals surface area contributed by atoms with Crippen LogP contribution in [0.4, 0.5) is 0 Å². The number of carbonyl (C=O) groups excluding carboxylic acids is 2. The van der Waals surface area contributed by atoms with Gasteiger partial charge in [0.15, 0.2) is 0 Å². The molecule has 0 aliphatic heterocycles. The molecule has 0 atom stereocenters. The van der Waals surface area contributed by atoms with Gasteiger partial charge in [-0.05, 0) is 142 Å². The predicted octanol–water partition coefficient (Wildman–Crippen LogP) is 19.3. The van der Waals surface area contributed by atoms with Crippen molar-refractivity contribution in [3.63, 3.8) is 0 Å². The highest BCUT2D eigenvalue weighted by molar-refractivity contribution is 5.69. The largest absolute Gasteiger partial charge is 0.466 e. The van der Waals surface area contributed by atoms with Gasteiger partial charge in [0.25, 0.3) is 0 Å². The van der Waals surface area contributed by atoms with Crippen LogP contribution in [-0.4, -0.2) is 73.7 Å². The average molecular weight is 1080 g/mol. The molecule has 77 heavy (non-hydrogen) atoms. The number of unbranched alkanes of at least 4 members (excludes halogenated alkanes) is 35. The smallest absolute Gasteiger partial charge is 0.306 e. The summed E-state index contributed by atoms with van der Waals surface area (Å²) < 4.78 is 11.7. The third-order valence-electron chi connectivity index (χ3n) is 16.6. The van der Waals surface area contributed by atoms with E-state index < -0.39 is 0 Å². The van der Waals surface area contributed by atoms with Crippen molar-refractivity contribution < 1.29 is 19.1 Å². The summed E-state index contributed by atoms with van der Waals surface area (Å²) in [5, 5.41) is 0. The van der Waals surface area contributed by atoms with E-state index in [4.69, 9.17) is 9.47 Å². The molecule has 0 aromatic heterocycles. The SMILES string of the molecule is CCCCCCCCCOC(=O)CCCCCCCN(CCCCCCCC(=O)OC(CCCCCCCC)CCCCCCCC)CCCCc1c(CCCN(CCCCCCCC)CCCCCCCC)c(=O)c1=O. The summed E-state index contributed by atoms with van der Waals surface area (Å²) in [4.78, 5) is 56.4. The average Bonchev–Trinajstić information content (AvgIpc) is 3.45. The topological polar surface area (TPSA) is 93.2 Å². The van der Waals surface area contributed by atoms with E-state index in [-0.39, 0.29) is 28.9 Å². The molecule has 0 unspecified atom stereocenters. The van der Waals surface area contributed by atoms with Gasteiger partial charge in [0.1, 0.15) is 6.10 Å². The van der Waals surface area contributed by atoms with Crippen molar-refractivity contribution in [2.24, 2.45) is 0 Å². The molecular weight excluding hydrogens is 953 g/mol. The molecule has 0 heterocycles. The second-order valence-electron chi connectivity index (χ2n) is 24.0. The van der Waals surface area contributed by atoms with Crippen molar-refractivity contribution in [1.82, 2.24) is 9.80 Å². The van der Waals surface area contributed by atoms with Crippen molar-refractivity contribution in [1.29, 1.82) is 0 Å². The molecule has 1 aromatic rings. The highest BCUT2D eigenvalue weighted by atomic mass is 16.5. The first kappa shape index (κ1) is 73.0. The molecule has 452 valence electrons. The predicted molar refractivity (Wildman–Crippen MR) is 332 cm³/mol. The molecule has 0 fully saturated rings. The quantitative estimate of drug-likeness (QED) is 0.0362. The third-order valence-corrected chi connectivity index (χ3v) is 16.6. The van der Waals surface area contributed by atoms with Gasteiger partial charge in [-0.2, -0.15) is 0 Å². The molecule has 0 spiro atoms. The number of hydrogen-bond donors (Lipinski definition) is 0. The molecule has 0 bridgehead atoms. The van der Waals surface area contributed by atoms with Gasteiger partial charge in [0.2, 0.25) is 10.9 Å². The van der Waals surface area contributed by atoms with Crippen molar-refractivity contribution >= 4 is 11.9 Å². The molecule has 0 amide bonds. The highest BCUT2D eigenvalue weighted by Gasteiger charge is 2.21. The van der Waals surface area contributed by atoms with Gasteiger partial charge < -0.3 is 19.3 Å². The lowest BCUT2D eigenvalue weighted by Crippen LogP contribution is -2.40. The Morgan fingerprint density at radius 2 is 0.610 bits per heavy atom. The van der Waals surface area contributed by atoms with Crippen molar-refractivity contribution in [3.05, 3.63) is 31.6 Å². The van der Waals surface area contributed by atoms with Crippen LogP contribution in [0.25, 0.3) is 0 Å². The van der Waals surface area contributed by atoms with Crippen LogP contribution >= 0.6 is 0 Å². The monoisotopic (exact) mass is 1080 g/mol. The van der Waals surface area contributed by atoms with Crippen LogP contribution in [0.15, 0.2) is 9.59 Å². The second kappa shape index (κ2) is 55.8. The van der Waals surface area contributed by atoms with Crippen LogP contribution in [0.1, 0.15) is 354 Å². The maximum Gasteiger partial charge on any atom is 0.306 e. The minimum atomic E-state index is -0.219. The maximum absolute atomic E-state index is 13.0. The molecular formula is C69H130N2O6. The number of nitrogens with zero attached hydrogens (tertiary/aromatic N) is 2. The van der Waals surface area contributed by atoms with Gasteiger partial charge in [0.05, 0.1) is 6.61 Å². The van der Waals surface area contributed by atoms with Gasteiger partial charge in [-0.15, -0.1) is 0 Å². The van der Waals surface area contributed by atoms with E-state index in [1.807, 2.05) is 0 Å². The van der Waals surface area contributed by atoms with Crippen LogP contribution in [0.3, 0.4) is 0 Å². The normalized spacial score (nSPS) is 11.8.